The average molecular weight is 247 g/mol. The van der Waals surface area contributed by atoms with E-state index in [2.05, 4.69) is 5.32 Å². The predicted molar refractivity (Wildman–Crippen MR) is 67.5 cm³/mol. The highest BCUT2D eigenvalue weighted by Gasteiger charge is 2.39. The average Bonchev–Trinajstić information content (AvgIpc) is 2.94. The van der Waals surface area contributed by atoms with E-state index in [1.54, 1.807) is 12.1 Å². The molecule has 1 N–H and O–H groups in total. The molecule has 0 saturated heterocycles. The number of fused-ring (bicyclic) bond motifs is 2. The van der Waals surface area contributed by atoms with Crippen LogP contribution >= 0.6 is 0 Å². The summed E-state index contributed by atoms with van der Waals surface area (Å²) in [6, 6.07) is 6.54. The fourth-order valence-electron chi connectivity index (χ4n) is 3.47. The van der Waals surface area contributed by atoms with Crippen LogP contribution in [0.2, 0.25) is 0 Å². The fourth-order valence-corrected chi connectivity index (χ4v) is 3.47. The third-order valence-electron chi connectivity index (χ3n) is 4.36. The number of nitrogens with one attached hydrogen (secondary N) is 1. The molecule has 0 radical (unpaired) electrons. The molecule has 2 fully saturated rings. The lowest BCUT2D eigenvalue weighted by Crippen LogP contribution is -2.39. The van der Waals surface area contributed by atoms with Crippen LogP contribution in [0.4, 0.5) is 4.39 Å². The highest BCUT2D eigenvalue weighted by molar-refractivity contribution is 5.78. The van der Waals surface area contributed by atoms with E-state index in [1.165, 1.54) is 31.4 Å². The molecule has 2 aliphatic rings. The van der Waals surface area contributed by atoms with Crippen LogP contribution in [-0.4, -0.2) is 11.9 Å². The molecule has 96 valence electrons. The minimum atomic E-state index is -0.257. The number of amides is 1. The Balaban J connectivity index is 1.54. The van der Waals surface area contributed by atoms with E-state index in [0.717, 1.165) is 17.9 Å². The molecule has 0 spiro atoms. The molecular weight excluding hydrogens is 229 g/mol. The van der Waals surface area contributed by atoms with Gasteiger partial charge in [-0.2, -0.15) is 0 Å². The van der Waals surface area contributed by atoms with Gasteiger partial charge in [0.1, 0.15) is 5.82 Å². The molecule has 0 aromatic heterocycles. The Morgan fingerprint density at radius 1 is 1.22 bits per heavy atom. The summed E-state index contributed by atoms with van der Waals surface area (Å²) in [5, 5.41) is 3.14. The Labute approximate surface area is 107 Å². The molecular formula is C15H18FNO. The van der Waals surface area contributed by atoms with E-state index >= 15 is 0 Å². The van der Waals surface area contributed by atoms with Crippen molar-refractivity contribution in [2.24, 2.45) is 11.8 Å². The molecule has 2 aliphatic carbocycles. The first-order valence-electron chi connectivity index (χ1n) is 6.74. The van der Waals surface area contributed by atoms with Crippen molar-refractivity contribution in [1.29, 1.82) is 0 Å². The van der Waals surface area contributed by atoms with Crippen LogP contribution < -0.4 is 5.32 Å². The first-order chi connectivity index (χ1) is 8.70. The van der Waals surface area contributed by atoms with Crippen LogP contribution in [-0.2, 0) is 11.2 Å². The second kappa shape index (κ2) is 4.71. The molecule has 2 nitrogen and oxygen atoms in total. The SMILES string of the molecule is O=C(Cc1ccc(F)cc1)N[C@H]1C[C@H]2CC[C@@H]1C2. The van der Waals surface area contributed by atoms with Gasteiger partial charge >= 0.3 is 0 Å². The van der Waals surface area contributed by atoms with Gasteiger partial charge in [0.15, 0.2) is 0 Å². The Morgan fingerprint density at radius 2 is 2.00 bits per heavy atom. The number of rotatable bonds is 3. The minimum absolute atomic E-state index is 0.0687. The Morgan fingerprint density at radius 3 is 2.61 bits per heavy atom. The molecule has 2 saturated carbocycles. The standard InChI is InChI=1S/C15H18FNO/c16-13-5-2-10(3-6-13)9-15(18)17-14-8-11-1-4-12(14)7-11/h2-3,5-6,11-12,14H,1,4,7-9H2,(H,17,18)/t11-,12+,14-/m0/s1. The lowest BCUT2D eigenvalue weighted by molar-refractivity contribution is -0.121. The molecule has 1 aromatic carbocycles. The van der Waals surface area contributed by atoms with Gasteiger partial charge in [-0.15, -0.1) is 0 Å². The molecule has 1 aromatic rings. The van der Waals surface area contributed by atoms with E-state index in [-0.39, 0.29) is 11.7 Å². The lowest BCUT2D eigenvalue weighted by Gasteiger charge is -2.22. The monoisotopic (exact) mass is 247 g/mol. The summed E-state index contributed by atoms with van der Waals surface area (Å²) in [5.74, 6) is 1.35. The van der Waals surface area contributed by atoms with Crippen LogP contribution in [0, 0.1) is 17.7 Å². The van der Waals surface area contributed by atoms with Gasteiger partial charge in [-0.3, -0.25) is 4.79 Å². The quantitative estimate of drug-likeness (QED) is 0.874. The summed E-state index contributed by atoms with van der Waals surface area (Å²) in [6.45, 7) is 0. The molecule has 0 heterocycles. The van der Waals surface area contributed by atoms with E-state index in [1.807, 2.05) is 0 Å². The van der Waals surface area contributed by atoms with Gasteiger partial charge in [0.2, 0.25) is 5.91 Å². The molecule has 2 bridgehead atoms. The van der Waals surface area contributed by atoms with Gasteiger partial charge in [0.25, 0.3) is 0 Å². The number of hydrogen-bond donors (Lipinski definition) is 1. The lowest BCUT2D eigenvalue weighted by atomic mass is 9.95. The number of carbonyl (C=O) groups is 1. The van der Waals surface area contributed by atoms with Crippen molar-refractivity contribution in [3.05, 3.63) is 35.6 Å². The van der Waals surface area contributed by atoms with Gasteiger partial charge in [-0.05, 0) is 48.8 Å². The van der Waals surface area contributed by atoms with E-state index < -0.39 is 0 Å². The Bertz CT molecular complexity index is 442. The second-order valence-corrected chi connectivity index (χ2v) is 5.65. The molecule has 1 amide bonds. The zero-order valence-corrected chi connectivity index (χ0v) is 10.4. The maximum absolute atomic E-state index is 12.8. The van der Waals surface area contributed by atoms with Gasteiger partial charge in [0, 0.05) is 6.04 Å². The summed E-state index contributed by atoms with van der Waals surface area (Å²) in [6.07, 6.45) is 5.41. The van der Waals surface area contributed by atoms with Crippen molar-refractivity contribution in [2.45, 2.75) is 38.1 Å². The van der Waals surface area contributed by atoms with Crippen molar-refractivity contribution in [1.82, 2.24) is 5.32 Å². The summed E-state index contributed by atoms with van der Waals surface area (Å²) < 4.78 is 12.8. The minimum Gasteiger partial charge on any atom is -0.353 e. The summed E-state index contributed by atoms with van der Waals surface area (Å²) in [5.41, 5.74) is 0.872. The normalized spacial score (nSPS) is 29.5. The van der Waals surface area contributed by atoms with Crippen LogP contribution in [0.25, 0.3) is 0 Å². The van der Waals surface area contributed by atoms with E-state index in [4.69, 9.17) is 0 Å². The predicted octanol–water partition coefficient (Wildman–Crippen LogP) is 2.67. The zero-order chi connectivity index (χ0) is 12.5. The molecule has 18 heavy (non-hydrogen) atoms. The maximum Gasteiger partial charge on any atom is 0.224 e. The van der Waals surface area contributed by atoms with Crippen molar-refractivity contribution in [3.8, 4) is 0 Å². The molecule has 0 aliphatic heterocycles. The number of hydrogen-bond acceptors (Lipinski definition) is 1. The topological polar surface area (TPSA) is 29.1 Å². The molecule has 3 heteroatoms. The summed E-state index contributed by atoms with van der Waals surface area (Å²) >= 11 is 0. The van der Waals surface area contributed by atoms with Crippen molar-refractivity contribution >= 4 is 5.91 Å². The van der Waals surface area contributed by atoms with Crippen LogP contribution in [0.1, 0.15) is 31.2 Å². The Kier molecular flexibility index (Phi) is 3.06. The van der Waals surface area contributed by atoms with Gasteiger partial charge < -0.3 is 5.32 Å². The second-order valence-electron chi connectivity index (χ2n) is 5.65. The van der Waals surface area contributed by atoms with Crippen molar-refractivity contribution in [2.75, 3.05) is 0 Å². The maximum atomic E-state index is 12.8. The van der Waals surface area contributed by atoms with Crippen molar-refractivity contribution in [3.63, 3.8) is 0 Å². The largest absolute Gasteiger partial charge is 0.353 e. The fraction of sp³-hybridized carbons (Fsp3) is 0.533. The first-order valence-corrected chi connectivity index (χ1v) is 6.74. The number of benzene rings is 1. The van der Waals surface area contributed by atoms with E-state index in [0.29, 0.717) is 18.4 Å². The van der Waals surface area contributed by atoms with Crippen molar-refractivity contribution < 1.29 is 9.18 Å². The smallest absolute Gasteiger partial charge is 0.224 e. The number of halogens is 1. The third kappa shape index (κ3) is 2.40. The zero-order valence-electron chi connectivity index (χ0n) is 10.4. The first kappa shape index (κ1) is 11.7. The van der Waals surface area contributed by atoms with Gasteiger partial charge in [-0.25, -0.2) is 4.39 Å². The van der Waals surface area contributed by atoms with Crippen LogP contribution in [0.5, 0.6) is 0 Å². The summed E-state index contributed by atoms with van der Waals surface area (Å²) in [7, 11) is 0. The number of carbonyl (C=O) groups excluding carboxylic acids is 1. The van der Waals surface area contributed by atoms with Gasteiger partial charge in [0.05, 0.1) is 6.42 Å². The van der Waals surface area contributed by atoms with Crippen LogP contribution in [0.3, 0.4) is 0 Å². The van der Waals surface area contributed by atoms with Gasteiger partial charge in [-0.1, -0.05) is 18.6 Å². The Hall–Kier alpha value is -1.38. The highest BCUT2D eigenvalue weighted by atomic mass is 19.1. The summed E-state index contributed by atoms with van der Waals surface area (Å²) in [4.78, 5) is 11.9. The van der Waals surface area contributed by atoms with E-state index in [9.17, 15) is 9.18 Å². The third-order valence-corrected chi connectivity index (χ3v) is 4.36. The molecule has 3 atom stereocenters. The molecule has 3 rings (SSSR count). The molecule has 0 unspecified atom stereocenters. The highest BCUT2D eigenvalue weighted by Crippen LogP contribution is 2.44. The van der Waals surface area contributed by atoms with Crippen LogP contribution in [0.15, 0.2) is 24.3 Å².